The van der Waals surface area contributed by atoms with Crippen LogP contribution in [0.3, 0.4) is 0 Å². The minimum absolute atomic E-state index is 0.487. The highest BCUT2D eigenvalue weighted by Crippen LogP contribution is 2.15. The van der Waals surface area contributed by atoms with Crippen molar-refractivity contribution in [3.63, 3.8) is 0 Å². The number of morpholine rings is 1. The normalized spacial score (nSPS) is 17.1. The van der Waals surface area contributed by atoms with E-state index in [1.54, 1.807) is 18.9 Å². The van der Waals surface area contributed by atoms with E-state index in [9.17, 15) is 0 Å². The summed E-state index contributed by atoms with van der Waals surface area (Å²) >= 11 is 0. The molecule has 0 amide bonds. The van der Waals surface area contributed by atoms with Crippen molar-refractivity contribution in [2.45, 2.75) is 26.3 Å². The Bertz CT molecular complexity index is 609. The Balaban J connectivity index is 1.64. The fourth-order valence-electron chi connectivity index (χ4n) is 3.05. The summed E-state index contributed by atoms with van der Waals surface area (Å²) in [6.45, 7) is 9.08. The molecular formula is C17H26N6O. The van der Waals surface area contributed by atoms with Crippen molar-refractivity contribution >= 4 is 5.82 Å². The lowest BCUT2D eigenvalue weighted by Crippen LogP contribution is -2.47. The lowest BCUT2D eigenvalue weighted by atomic mass is 10.0. The fourth-order valence-corrected chi connectivity index (χ4v) is 3.05. The molecular weight excluding hydrogens is 304 g/mol. The average molecular weight is 330 g/mol. The summed E-state index contributed by atoms with van der Waals surface area (Å²) in [4.78, 5) is 15.2. The average Bonchev–Trinajstić information content (AvgIpc) is 3.14. The summed E-state index contributed by atoms with van der Waals surface area (Å²) in [5.74, 6) is 2.32. The van der Waals surface area contributed by atoms with Gasteiger partial charge < -0.3 is 10.1 Å². The van der Waals surface area contributed by atoms with Crippen LogP contribution in [0.4, 0.5) is 5.82 Å². The van der Waals surface area contributed by atoms with E-state index in [1.165, 1.54) is 0 Å². The van der Waals surface area contributed by atoms with Gasteiger partial charge in [-0.3, -0.25) is 9.47 Å². The number of nitrogens with zero attached hydrogens (tertiary/aromatic N) is 5. The van der Waals surface area contributed by atoms with Crippen LogP contribution in [0, 0.1) is 5.92 Å². The molecule has 0 spiro atoms. The number of rotatable bonds is 7. The van der Waals surface area contributed by atoms with E-state index in [0.717, 1.165) is 50.9 Å². The second-order valence-electron chi connectivity index (χ2n) is 6.54. The SMILES string of the molecule is CC(C)CC(CNc1cc(-n2ccnc2)ncn1)N1CCOCC1. The van der Waals surface area contributed by atoms with Crippen LogP contribution in [0.1, 0.15) is 20.3 Å². The van der Waals surface area contributed by atoms with Gasteiger partial charge in [-0.05, 0) is 12.3 Å². The predicted molar refractivity (Wildman–Crippen MR) is 93.3 cm³/mol. The molecule has 1 atom stereocenters. The Morgan fingerprint density at radius 1 is 1.25 bits per heavy atom. The van der Waals surface area contributed by atoms with Gasteiger partial charge in [0.1, 0.15) is 24.3 Å². The second kappa shape index (κ2) is 8.21. The van der Waals surface area contributed by atoms with Crippen LogP contribution < -0.4 is 5.32 Å². The summed E-state index contributed by atoms with van der Waals surface area (Å²) in [6, 6.07) is 2.44. The zero-order chi connectivity index (χ0) is 16.8. The van der Waals surface area contributed by atoms with E-state index in [2.05, 4.69) is 39.0 Å². The molecule has 7 nitrogen and oxygen atoms in total. The molecule has 1 N–H and O–H groups in total. The Morgan fingerprint density at radius 3 is 2.79 bits per heavy atom. The Kier molecular flexibility index (Phi) is 5.77. The maximum absolute atomic E-state index is 5.48. The highest BCUT2D eigenvalue weighted by atomic mass is 16.5. The summed E-state index contributed by atoms with van der Waals surface area (Å²) in [5.41, 5.74) is 0. The van der Waals surface area contributed by atoms with Crippen molar-refractivity contribution in [3.05, 3.63) is 31.1 Å². The monoisotopic (exact) mass is 330 g/mol. The van der Waals surface area contributed by atoms with E-state index < -0.39 is 0 Å². The third-order valence-corrected chi connectivity index (χ3v) is 4.25. The standard InChI is InChI=1S/C17H26N6O/c1-14(2)9-15(22-5-7-24-8-6-22)11-19-16-10-17(21-12-20-16)23-4-3-18-13-23/h3-4,10,12-15H,5-9,11H2,1-2H3,(H,19,20,21). The third-order valence-electron chi connectivity index (χ3n) is 4.25. The van der Waals surface area contributed by atoms with Gasteiger partial charge in [0.05, 0.1) is 13.2 Å². The first-order valence-corrected chi connectivity index (χ1v) is 8.58. The molecule has 1 aliphatic heterocycles. The molecule has 1 aliphatic rings. The van der Waals surface area contributed by atoms with Gasteiger partial charge >= 0.3 is 0 Å². The number of nitrogens with one attached hydrogen (secondary N) is 1. The topological polar surface area (TPSA) is 68.1 Å². The van der Waals surface area contributed by atoms with Gasteiger partial charge in [-0.25, -0.2) is 15.0 Å². The summed E-state index contributed by atoms with van der Waals surface area (Å²) in [6.07, 6.45) is 8.10. The molecule has 1 unspecified atom stereocenters. The van der Waals surface area contributed by atoms with E-state index >= 15 is 0 Å². The summed E-state index contributed by atoms with van der Waals surface area (Å²) < 4.78 is 7.36. The van der Waals surface area contributed by atoms with Crippen LogP contribution in [-0.2, 0) is 4.74 Å². The molecule has 7 heteroatoms. The van der Waals surface area contributed by atoms with Crippen LogP contribution in [0.25, 0.3) is 5.82 Å². The minimum Gasteiger partial charge on any atom is -0.379 e. The molecule has 3 heterocycles. The van der Waals surface area contributed by atoms with Crippen LogP contribution in [-0.4, -0.2) is 63.3 Å². The molecule has 0 aromatic carbocycles. The Labute approximate surface area is 143 Å². The first kappa shape index (κ1) is 16.9. The van der Waals surface area contributed by atoms with Crippen molar-refractivity contribution in [1.29, 1.82) is 0 Å². The van der Waals surface area contributed by atoms with Gasteiger partial charge in [-0.1, -0.05) is 13.8 Å². The highest BCUT2D eigenvalue weighted by Gasteiger charge is 2.21. The maximum Gasteiger partial charge on any atom is 0.143 e. The number of hydrogen-bond donors (Lipinski definition) is 1. The quantitative estimate of drug-likeness (QED) is 0.835. The number of imidazole rings is 1. The Morgan fingerprint density at radius 2 is 2.08 bits per heavy atom. The maximum atomic E-state index is 5.48. The van der Waals surface area contributed by atoms with Crippen molar-refractivity contribution in [2.75, 3.05) is 38.2 Å². The molecule has 130 valence electrons. The number of ether oxygens (including phenoxy) is 1. The van der Waals surface area contributed by atoms with E-state index in [4.69, 9.17) is 4.74 Å². The predicted octanol–water partition coefficient (Wildman–Crippen LogP) is 1.82. The fraction of sp³-hybridized carbons (Fsp3) is 0.588. The molecule has 0 radical (unpaired) electrons. The molecule has 3 rings (SSSR count). The van der Waals surface area contributed by atoms with Crippen LogP contribution >= 0.6 is 0 Å². The van der Waals surface area contributed by atoms with Gasteiger partial charge in [0.15, 0.2) is 0 Å². The first-order chi connectivity index (χ1) is 11.7. The second-order valence-corrected chi connectivity index (χ2v) is 6.54. The number of anilines is 1. The van der Waals surface area contributed by atoms with Gasteiger partial charge in [-0.2, -0.15) is 0 Å². The highest BCUT2D eigenvalue weighted by molar-refractivity contribution is 5.40. The molecule has 2 aromatic rings. The lowest BCUT2D eigenvalue weighted by Gasteiger charge is -2.35. The van der Waals surface area contributed by atoms with E-state index in [-0.39, 0.29) is 0 Å². The van der Waals surface area contributed by atoms with Crippen LogP contribution in [0.15, 0.2) is 31.1 Å². The molecule has 24 heavy (non-hydrogen) atoms. The number of hydrogen-bond acceptors (Lipinski definition) is 6. The van der Waals surface area contributed by atoms with Gasteiger partial charge in [0.25, 0.3) is 0 Å². The summed E-state index contributed by atoms with van der Waals surface area (Å²) in [5, 5.41) is 3.48. The van der Waals surface area contributed by atoms with Crippen molar-refractivity contribution in [3.8, 4) is 5.82 Å². The smallest absolute Gasteiger partial charge is 0.143 e. The van der Waals surface area contributed by atoms with Gasteiger partial charge in [0, 0.05) is 44.1 Å². The molecule has 0 saturated carbocycles. The molecule has 2 aromatic heterocycles. The lowest BCUT2D eigenvalue weighted by molar-refractivity contribution is 0.0150. The zero-order valence-electron chi connectivity index (χ0n) is 14.4. The minimum atomic E-state index is 0.487. The van der Waals surface area contributed by atoms with Crippen molar-refractivity contribution in [2.24, 2.45) is 5.92 Å². The Hall–Kier alpha value is -1.99. The molecule has 0 bridgehead atoms. The zero-order valence-corrected chi connectivity index (χ0v) is 14.4. The van der Waals surface area contributed by atoms with Crippen molar-refractivity contribution in [1.82, 2.24) is 24.4 Å². The molecule has 1 saturated heterocycles. The van der Waals surface area contributed by atoms with Crippen molar-refractivity contribution < 1.29 is 4.74 Å². The first-order valence-electron chi connectivity index (χ1n) is 8.58. The number of aromatic nitrogens is 4. The van der Waals surface area contributed by atoms with Crippen LogP contribution in [0.2, 0.25) is 0 Å². The van der Waals surface area contributed by atoms with E-state index in [1.807, 2.05) is 16.8 Å². The molecule has 1 fully saturated rings. The summed E-state index contributed by atoms with van der Waals surface area (Å²) in [7, 11) is 0. The third kappa shape index (κ3) is 4.52. The molecule has 0 aliphatic carbocycles. The van der Waals surface area contributed by atoms with Crippen LogP contribution in [0.5, 0.6) is 0 Å². The van der Waals surface area contributed by atoms with Gasteiger partial charge in [0.2, 0.25) is 0 Å². The van der Waals surface area contributed by atoms with E-state index in [0.29, 0.717) is 12.0 Å². The largest absolute Gasteiger partial charge is 0.379 e. The van der Waals surface area contributed by atoms with Gasteiger partial charge in [-0.15, -0.1) is 0 Å².